The third kappa shape index (κ3) is 3.06. The van der Waals surface area contributed by atoms with Crippen LogP contribution in [0.1, 0.15) is 0 Å². The minimum absolute atomic E-state index is 0.219. The summed E-state index contributed by atoms with van der Waals surface area (Å²) in [6, 6.07) is 13.3. The van der Waals surface area contributed by atoms with Crippen LogP contribution in [0.25, 0.3) is 0 Å². The number of benzene rings is 2. The number of phenols is 1. The highest BCUT2D eigenvalue weighted by molar-refractivity contribution is 14.1. The first-order valence-corrected chi connectivity index (χ1v) is 6.84. The molecule has 1 nitrogen and oxygen atoms in total. The van der Waals surface area contributed by atoms with Crippen molar-refractivity contribution in [1.82, 2.24) is 0 Å². The van der Waals surface area contributed by atoms with E-state index in [1.54, 1.807) is 12.1 Å². The summed E-state index contributed by atoms with van der Waals surface area (Å²) in [6.07, 6.45) is 0. The van der Waals surface area contributed by atoms with Gasteiger partial charge in [0, 0.05) is 13.5 Å². The van der Waals surface area contributed by atoms with Gasteiger partial charge in [0.05, 0.1) is 4.90 Å². The average Bonchev–Trinajstić information content (AvgIpc) is 2.25. The van der Waals surface area contributed by atoms with Crippen molar-refractivity contribution in [2.24, 2.45) is 0 Å². The monoisotopic (exact) mass is 362 g/mol. The number of aromatic hydroxyl groups is 1. The van der Waals surface area contributed by atoms with Crippen LogP contribution in [-0.4, -0.2) is 5.11 Å². The lowest BCUT2D eigenvalue weighted by Gasteiger charge is -2.04. The minimum atomic E-state index is 0.219. The fourth-order valence-electron chi connectivity index (χ4n) is 1.21. The number of hydrogen-bond acceptors (Lipinski definition) is 2. The zero-order valence-electron chi connectivity index (χ0n) is 8.15. The predicted octanol–water partition coefficient (Wildman–Crippen LogP) is 4.80. The molecule has 4 heteroatoms. The number of halogens is 2. The van der Waals surface area contributed by atoms with Crippen molar-refractivity contribution in [2.75, 3.05) is 0 Å². The smallest absolute Gasteiger partial charge is 0.130 e. The lowest BCUT2D eigenvalue weighted by Crippen LogP contribution is -1.76. The van der Waals surface area contributed by atoms with E-state index in [4.69, 9.17) is 11.6 Å². The Morgan fingerprint density at radius 1 is 1.06 bits per heavy atom. The van der Waals surface area contributed by atoms with E-state index >= 15 is 0 Å². The average molecular weight is 363 g/mol. The summed E-state index contributed by atoms with van der Waals surface area (Å²) in [5.41, 5.74) is 0. The number of rotatable bonds is 2. The molecule has 0 bridgehead atoms. The maximum Gasteiger partial charge on any atom is 0.130 e. The number of hydrogen-bond donors (Lipinski definition) is 1. The van der Waals surface area contributed by atoms with E-state index in [-0.39, 0.29) is 5.75 Å². The summed E-state index contributed by atoms with van der Waals surface area (Å²) in [5, 5.41) is 10.2. The van der Waals surface area contributed by atoms with Crippen LogP contribution in [0, 0.1) is 3.57 Å². The Hall–Kier alpha value is -0.390. The quantitative estimate of drug-likeness (QED) is 0.774. The first-order valence-electron chi connectivity index (χ1n) is 4.57. The molecule has 0 aliphatic carbocycles. The molecule has 2 aromatic rings. The summed E-state index contributed by atoms with van der Waals surface area (Å²) in [4.78, 5) is 1.91. The van der Waals surface area contributed by atoms with Crippen LogP contribution in [0.15, 0.2) is 52.3 Å². The first kappa shape index (κ1) is 12.1. The SMILES string of the molecule is Oc1cc(Cl)ccc1Sc1ccc(I)cc1. The van der Waals surface area contributed by atoms with Gasteiger partial charge in [0.15, 0.2) is 0 Å². The van der Waals surface area contributed by atoms with Crippen LogP contribution in [0.5, 0.6) is 5.75 Å². The van der Waals surface area contributed by atoms with Crippen molar-refractivity contribution >= 4 is 46.0 Å². The van der Waals surface area contributed by atoms with Gasteiger partial charge in [0.25, 0.3) is 0 Å². The summed E-state index contributed by atoms with van der Waals surface area (Å²) >= 11 is 9.55. The van der Waals surface area contributed by atoms with Crippen molar-refractivity contribution < 1.29 is 5.11 Å². The van der Waals surface area contributed by atoms with Gasteiger partial charge < -0.3 is 5.11 Å². The van der Waals surface area contributed by atoms with Crippen molar-refractivity contribution in [3.05, 3.63) is 51.1 Å². The lowest BCUT2D eigenvalue weighted by molar-refractivity contribution is 0.462. The molecule has 0 radical (unpaired) electrons. The van der Waals surface area contributed by atoms with Gasteiger partial charge >= 0.3 is 0 Å². The second kappa shape index (κ2) is 5.29. The van der Waals surface area contributed by atoms with E-state index in [9.17, 15) is 5.11 Å². The van der Waals surface area contributed by atoms with Crippen LogP contribution in [0.3, 0.4) is 0 Å². The molecule has 2 aromatic carbocycles. The van der Waals surface area contributed by atoms with Crippen LogP contribution < -0.4 is 0 Å². The van der Waals surface area contributed by atoms with E-state index < -0.39 is 0 Å². The Balaban J connectivity index is 2.23. The van der Waals surface area contributed by atoms with E-state index in [1.807, 2.05) is 30.3 Å². The highest BCUT2D eigenvalue weighted by Crippen LogP contribution is 2.35. The summed E-state index contributed by atoms with van der Waals surface area (Å²) in [5.74, 6) is 0.219. The molecular weight excluding hydrogens is 355 g/mol. The molecule has 0 aliphatic heterocycles. The normalized spacial score (nSPS) is 10.4. The van der Waals surface area contributed by atoms with Crippen molar-refractivity contribution in [1.29, 1.82) is 0 Å². The van der Waals surface area contributed by atoms with Gasteiger partial charge in [0.1, 0.15) is 5.75 Å². The van der Waals surface area contributed by atoms with Gasteiger partial charge in [0.2, 0.25) is 0 Å². The molecule has 1 N–H and O–H groups in total. The van der Waals surface area contributed by atoms with Crippen molar-refractivity contribution in [2.45, 2.75) is 9.79 Å². The Bertz CT molecular complexity index is 499. The molecule has 0 spiro atoms. The first-order chi connectivity index (χ1) is 7.65. The van der Waals surface area contributed by atoms with Crippen LogP contribution in [-0.2, 0) is 0 Å². The summed E-state index contributed by atoms with van der Waals surface area (Å²) in [7, 11) is 0. The third-order valence-corrected chi connectivity index (χ3v) is 3.99. The second-order valence-corrected chi connectivity index (χ2v) is 5.97. The molecule has 0 fully saturated rings. The standard InChI is InChI=1S/C12H8ClIOS/c13-8-1-6-12(11(15)7-8)16-10-4-2-9(14)3-5-10/h1-7,15H. The van der Waals surface area contributed by atoms with E-state index in [2.05, 4.69) is 22.6 Å². The fraction of sp³-hybridized carbons (Fsp3) is 0. The molecule has 2 rings (SSSR count). The molecular formula is C12H8ClIOS. The Labute approximate surface area is 117 Å². The molecule has 0 saturated carbocycles. The zero-order chi connectivity index (χ0) is 11.5. The molecule has 0 saturated heterocycles. The van der Waals surface area contributed by atoms with Crippen molar-refractivity contribution in [3.8, 4) is 5.75 Å². The van der Waals surface area contributed by atoms with Gasteiger partial charge in [-0.2, -0.15) is 0 Å². The highest BCUT2D eigenvalue weighted by Gasteiger charge is 2.03. The van der Waals surface area contributed by atoms with E-state index in [0.717, 1.165) is 9.79 Å². The Morgan fingerprint density at radius 3 is 2.38 bits per heavy atom. The molecule has 82 valence electrons. The molecule has 0 amide bonds. The van der Waals surface area contributed by atoms with E-state index in [1.165, 1.54) is 15.3 Å². The fourth-order valence-corrected chi connectivity index (χ4v) is 2.56. The van der Waals surface area contributed by atoms with Gasteiger partial charge in [-0.3, -0.25) is 0 Å². The maximum atomic E-state index is 9.70. The second-order valence-electron chi connectivity index (χ2n) is 3.17. The molecule has 0 aliphatic rings. The highest BCUT2D eigenvalue weighted by atomic mass is 127. The predicted molar refractivity (Wildman–Crippen MR) is 76.4 cm³/mol. The van der Waals surface area contributed by atoms with Gasteiger partial charge in [-0.15, -0.1) is 0 Å². The van der Waals surface area contributed by atoms with Gasteiger partial charge in [-0.05, 0) is 65.1 Å². The van der Waals surface area contributed by atoms with Crippen molar-refractivity contribution in [3.63, 3.8) is 0 Å². The Morgan fingerprint density at radius 2 is 1.75 bits per heavy atom. The molecule has 16 heavy (non-hydrogen) atoms. The Kier molecular flexibility index (Phi) is 4.00. The topological polar surface area (TPSA) is 20.2 Å². The third-order valence-electron chi connectivity index (χ3n) is 1.96. The molecule has 0 aromatic heterocycles. The van der Waals surface area contributed by atoms with Gasteiger partial charge in [-0.25, -0.2) is 0 Å². The summed E-state index contributed by atoms with van der Waals surface area (Å²) < 4.78 is 1.20. The maximum absolute atomic E-state index is 9.70. The van der Waals surface area contributed by atoms with Crippen LogP contribution in [0.2, 0.25) is 5.02 Å². The summed E-state index contributed by atoms with van der Waals surface area (Å²) in [6.45, 7) is 0. The molecule has 0 unspecified atom stereocenters. The number of phenolic OH excluding ortho intramolecular Hbond substituents is 1. The zero-order valence-corrected chi connectivity index (χ0v) is 11.9. The van der Waals surface area contributed by atoms with Crippen LogP contribution in [0.4, 0.5) is 0 Å². The lowest BCUT2D eigenvalue weighted by atomic mass is 10.3. The van der Waals surface area contributed by atoms with E-state index in [0.29, 0.717) is 5.02 Å². The molecule has 0 heterocycles. The molecule has 0 atom stereocenters. The van der Waals surface area contributed by atoms with Crippen LogP contribution >= 0.6 is 46.0 Å². The largest absolute Gasteiger partial charge is 0.507 e. The van der Waals surface area contributed by atoms with Gasteiger partial charge in [-0.1, -0.05) is 23.4 Å². The minimum Gasteiger partial charge on any atom is -0.507 e.